The smallest absolute Gasteiger partial charge is 0.267 e. The maximum Gasteiger partial charge on any atom is 0.267 e. The minimum Gasteiger partial charge on any atom is -0.351 e. The summed E-state index contributed by atoms with van der Waals surface area (Å²) in [5.74, 6) is 0.0234. The summed E-state index contributed by atoms with van der Waals surface area (Å²) in [4.78, 5) is 16.2. The lowest BCUT2D eigenvalue weighted by Crippen LogP contribution is -2.26. The van der Waals surface area contributed by atoms with Crippen molar-refractivity contribution in [2.75, 3.05) is 6.54 Å². The van der Waals surface area contributed by atoms with Gasteiger partial charge in [-0.3, -0.25) is 4.79 Å². The molecule has 0 spiro atoms. The highest BCUT2D eigenvalue weighted by atomic mass is 79.9. The number of halogens is 1. The average molecular weight is 351 g/mol. The summed E-state index contributed by atoms with van der Waals surface area (Å²) in [7, 11) is 0. The molecular weight excluding hydrogens is 332 g/mol. The van der Waals surface area contributed by atoms with Crippen molar-refractivity contribution < 1.29 is 4.79 Å². The van der Waals surface area contributed by atoms with E-state index < -0.39 is 0 Å². The van der Waals surface area contributed by atoms with Gasteiger partial charge in [-0.1, -0.05) is 0 Å². The average Bonchev–Trinajstić information content (AvgIpc) is 3.03. The predicted octanol–water partition coefficient (Wildman–Crippen LogP) is 2.99. The standard InChI is InChI=1S/C15H19BrN4O/c16-12-9-14(20(10-12)13-3-4-13)15(21)18-5-1-2-7-19-8-6-17-11-19/h6,8-11,13H,1-5,7H2,(H,18,21). The number of hydrogen-bond donors (Lipinski definition) is 1. The molecular formula is C15H19BrN4O. The van der Waals surface area contributed by atoms with Crippen LogP contribution in [-0.4, -0.2) is 26.6 Å². The fourth-order valence-corrected chi connectivity index (χ4v) is 2.85. The maximum absolute atomic E-state index is 12.2. The lowest BCUT2D eigenvalue weighted by Gasteiger charge is -2.08. The molecule has 0 unspecified atom stereocenters. The number of imidazole rings is 1. The second-order valence-electron chi connectivity index (χ2n) is 5.45. The van der Waals surface area contributed by atoms with Crippen LogP contribution in [0.4, 0.5) is 0 Å². The lowest BCUT2D eigenvalue weighted by atomic mass is 10.3. The van der Waals surface area contributed by atoms with Gasteiger partial charge in [0, 0.05) is 42.2 Å². The van der Waals surface area contributed by atoms with E-state index in [-0.39, 0.29) is 5.91 Å². The van der Waals surface area contributed by atoms with Gasteiger partial charge in [0.2, 0.25) is 0 Å². The van der Waals surface area contributed by atoms with Crippen LogP contribution >= 0.6 is 15.9 Å². The van der Waals surface area contributed by atoms with Crippen LogP contribution in [0.3, 0.4) is 0 Å². The number of hydrogen-bond acceptors (Lipinski definition) is 2. The molecule has 1 aliphatic rings. The van der Waals surface area contributed by atoms with E-state index >= 15 is 0 Å². The Labute approximate surface area is 132 Å². The summed E-state index contributed by atoms with van der Waals surface area (Å²) in [5, 5.41) is 3.01. The number of aromatic nitrogens is 3. The van der Waals surface area contributed by atoms with Gasteiger partial charge in [-0.2, -0.15) is 0 Å². The third kappa shape index (κ3) is 3.75. The van der Waals surface area contributed by atoms with E-state index in [2.05, 4.69) is 35.4 Å². The highest BCUT2D eigenvalue weighted by molar-refractivity contribution is 9.10. The Kier molecular flexibility index (Phi) is 4.43. The van der Waals surface area contributed by atoms with Gasteiger partial charge in [0.15, 0.2) is 0 Å². The molecule has 0 saturated heterocycles. The zero-order valence-corrected chi connectivity index (χ0v) is 13.4. The van der Waals surface area contributed by atoms with Gasteiger partial charge in [0.05, 0.1) is 6.33 Å². The normalized spacial score (nSPS) is 14.3. The highest BCUT2D eigenvalue weighted by Crippen LogP contribution is 2.37. The first-order chi connectivity index (χ1) is 10.2. The van der Waals surface area contributed by atoms with Crippen molar-refractivity contribution in [2.24, 2.45) is 0 Å². The Morgan fingerprint density at radius 3 is 3.00 bits per heavy atom. The van der Waals surface area contributed by atoms with E-state index in [1.54, 1.807) is 6.20 Å². The molecule has 0 bridgehead atoms. The zero-order chi connectivity index (χ0) is 14.7. The topological polar surface area (TPSA) is 51.9 Å². The molecule has 0 aromatic carbocycles. The van der Waals surface area contributed by atoms with E-state index in [1.165, 1.54) is 12.8 Å². The second kappa shape index (κ2) is 6.47. The van der Waals surface area contributed by atoms with Crippen molar-refractivity contribution >= 4 is 21.8 Å². The largest absolute Gasteiger partial charge is 0.351 e. The summed E-state index contributed by atoms with van der Waals surface area (Å²) in [6.07, 6.45) is 11.9. The van der Waals surface area contributed by atoms with Crippen molar-refractivity contribution in [3.05, 3.63) is 41.2 Å². The van der Waals surface area contributed by atoms with Gasteiger partial charge < -0.3 is 14.5 Å². The molecule has 2 aromatic heterocycles. The molecule has 2 aromatic rings. The molecule has 1 N–H and O–H groups in total. The van der Waals surface area contributed by atoms with Crippen LogP contribution in [0.1, 0.15) is 42.2 Å². The zero-order valence-electron chi connectivity index (χ0n) is 11.8. The van der Waals surface area contributed by atoms with Crippen molar-refractivity contribution in [3.63, 3.8) is 0 Å². The number of unbranched alkanes of at least 4 members (excludes halogenated alkanes) is 1. The third-order valence-electron chi connectivity index (χ3n) is 3.68. The number of nitrogens with zero attached hydrogens (tertiary/aromatic N) is 3. The predicted molar refractivity (Wildman–Crippen MR) is 84.2 cm³/mol. The molecule has 112 valence electrons. The van der Waals surface area contributed by atoms with Gasteiger partial charge in [-0.25, -0.2) is 4.98 Å². The van der Waals surface area contributed by atoms with Gasteiger partial charge in [0.25, 0.3) is 5.91 Å². The number of nitrogens with one attached hydrogen (secondary N) is 1. The fraction of sp³-hybridized carbons (Fsp3) is 0.467. The molecule has 0 atom stereocenters. The van der Waals surface area contributed by atoms with Crippen LogP contribution in [0.5, 0.6) is 0 Å². The van der Waals surface area contributed by atoms with Crippen molar-refractivity contribution in [3.8, 4) is 0 Å². The van der Waals surface area contributed by atoms with Gasteiger partial charge >= 0.3 is 0 Å². The van der Waals surface area contributed by atoms with Gasteiger partial charge in [-0.05, 0) is 47.7 Å². The molecule has 1 aliphatic carbocycles. The molecule has 1 fully saturated rings. The molecule has 2 heterocycles. The van der Waals surface area contributed by atoms with Crippen LogP contribution in [0.2, 0.25) is 0 Å². The summed E-state index contributed by atoms with van der Waals surface area (Å²) in [5.41, 5.74) is 0.763. The van der Waals surface area contributed by atoms with E-state index in [9.17, 15) is 4.79 Å². The van der Waals surface area contributed by atoms with Crippen LogP contribution in [0.25, 0.3) is 0 Å². The van der Waals surface area contributed by atoms with Crippen LogP contribution in [-0.2, 0) is 6.54 Å². The summed E-state index contributed by atoms with van der Waals surface area (Å²) >= 11 is 3.45. The first kappa shape index (κ1) is 14.4. The quantitative estimate of drug-likeness (QED) is 0.780. The van der Waals surface area contributed by atoms with Crippen LogP contribution < -0.4 is 5.32 Å². The minimum atomic E-state index is 0.0234. The van der Waals surface area contributed by atoms with E-state index in [0.29, 0.717) is 12.6 Å². The SMILES string of the molecule is O=C(NCCCCn1ccnc1)c1cc(Br)cn1C1CC1. The minimum absolute atomic E-state index is 0.0234. The molecule has 6 heteroatoms. The molecule has 0 aliphatic heterocycles. The lowest BCUT2D eigenvalue weighted by molar-refractivity contribution is 0.0943. The number of carbonyl (C=O) groups excluding carboxylic acids is 1. The maximum atomic E-state index is 12.2. The number of carbonyl (C=O) groups is 1. The van der Waals surface area contributed by atoms with Crippen LogP contribution in [0, 0.1) is 0 Å². The number of rotatable bonds is 7. The summed E-state index contributed by atoms with van der Waals surface area (Å²) in [6.45, 7) is 1.65. The van der Waals surface area contributed by atoms with Gasteiger partial charge in [0.1, 0.15) is 5.69 Å². The Hall–Kier alpha value is -1.56. The van der Waals surface area contributed by atoms with E-state index in [0.717, 1.165) is 29.6 Å². The number of amides is 1. The first-order valence-corrected chi connectivity index (χ1v) is 8.14. The van der Waals surface area contributed by atoms with E-state index in [1.807, 2.05) is 24.8 Å². The number of aryl methyl sites for hydroxylation is 1. The molecule has 5 nitrogen and oxygen atoms in total. The molecule has 0 radical (unpaired) electrons. The fourth-order valence-electron chi connectivity index (χ4n) is 2.41. The van der Waals surface area contributed by atoms with Crippen LogP contribution in [0.15, 0.2) is 35.5 Å². The van der Waals surface area contributed by atoms with Crippen molar-refractivity contribution in [1.82, 2.24) is 19.4 Å². The van der Waals surface area contributed by atoms with Crippen molar-refractivity contribution in [2.45, 2.75) is 38.3 Å². The Bertz CT molecular complexity index is 601. The Morgan fingerprint density at radius 1 is 1.43 bits per heavy atom. The molecule has 1 saturated carbocycles. The highest BCUT2D eigenvalue weighted by Gasteiger charge is 2.27. The molecule has 1 amide bonds. The second-order valence-corrected chi connectivity index (χ2v) is 6.36. The monoisotopic (exact) mass is 350 g/mol. The molecule has 3 rings (SSSR count). The summed E-state index contributed by atoms with van der Waals surface area (Å²) in [6, 6.07) is 2.41. The Morgan fingerprint density at radius 2 is 2.29 bits per heavy atom. The summed E-state index contributed by atoms with van der Waals surface area (Å²) < 4.78 is 5.11. The van der Waals surface area contributed by atoms with Crippen molar-refractivity contribution in [1.29, 1.82) is 0 Å². The Balaban J connectivity index is 1.44. The molecule has 21 heavy (non-hydrogen) atoms. The third-order valence-corrected chi connectivity index (χ3v) is 4.11. The van der Waals surface area contributed by atoms with E-state index in [4.69, 9.17) is 0 Å². The van der Waals surface area contributed by atoms with Gasteiger partial charge in [-0.15, -0.1) is 0 Å². The first-order valence-electron chi connectivity index (χ1n) is 7.35.